The second-order valence-corrected chi connectivity index (χ2v) is 53.8. The summed E-state index contributed by atoms with van der Waals surface area (Å²) in [7, 11) is 3.29. The fraction of sp³-hybridized carbons (Fsp3) is 0.411. The van der Waals surface area contributed by atoms with Gasteiger partial charge in [0, 0.05) is 77.5 Å². The lowest BCUT2D eigenvalue weighted by atomic mass is 9.77. The van der Waals surface area contributed by atoms with Crippen molar-refractivity contribution < 1.29 is 0 Å². The minimum absolute atomic E-state index is 0.0781. The topological polar surface area (TPSA) is 149 Å². The van der Waals surface area contributed by atoms with E-state index in [0.29, 0.717) is 67.5 Å². The molecule has 0 spiro atoms. The lowest BCUT2D eigenvalue weighted by Crippen LogP contribution is -2.18. The molecular weight excluding hydrogens is 1750 g/mol. The molecule has 1 atom stereocenters. The van der Waals surface area contributed by atoms with Crippen molar-refractivity contribution in [1.82, 2.24) is 44.9 Å². The maximum atomic E-state index is 6.05. The van der Waals surface area contributed by atoms with E-state index in [1.54, 1.807) is 0 Å². The van der Waals surface area contributed by atoms with Crippen LogP contribution in [0.25, 0.3) is 112 Å². The van der Waals surface area contributed by atoms with E-state index in [1.807, 2.05) is 97.1 Å². The highest BCUT2D eigenvalue weighted by atomic mass is 31.0. The van der Waals surface area contributed by atoms with Crippen LogP contribution in [-0.2, 0) is 43.3 Å². The Bertz CT molecular complexity index is 6530. The Morgan fingerprint density at radius 3 is 0.648 bits per heavy atom. The van der Waals surface area contributed by atoms with Gasteiger partial charge in [-0.3, -0.25) is 0 Å². The molecule has 8 aromatic carbocycles. The lowest BCUT2D eigenvalue weighted by molar-refractivity contribution is 0.469. The number of aromatic nitrogens is 9. The molecule has 1 radical (unpaired) electrons. The molecule has 18 rings (SSSR count). The van der Waals surface area contributed by atoms with E-state index in [-0.39, 0.29) is 43.3 Å². The molecule has 5 aliphatic heterocycles. The number of hydrogen-bond acceptors (Lipinski definition) is 8. The normalized spacial score (nSPS) is 14.6. The van der Waals surface area contributed by atoms with Crippen molar-refractivity contribution in [3.05, 3.63) is 319 Å². The third-order valence-electron chi connectivity index (χ3n) is 24.3. The third kappa shape index (κ3) is 27.3. The monoisotopic (exact) mass is 1910 g/mol. The quantitative estimate of drug-likeness (QED) is 0.118. The highest BCUT2D eigenvalue weighted by Crippen LogP contribution is 2.48. The van der Waals surface area contributed by atoms with Crippen LogP contribution in [0.15, 0.2) is 251 Å². The van der Waals surface area contributed by atoms with Crippen LogP contribution in [0.2, 0.25) is 0 Å². The largest absolute Gasteiger partial charge is 0.354 e. The minimum Gasteiger partial charge on any atom is -0.354 e. The Morgan fingerprint density at radius 1 is 0.246 bits per heavy atom. The first-order chi connectivity index (χ1) is 65.9. The van der Waals surface area contributed by atoms with Crippen LogP contribution in [0.1, 0.15) is 362 Å². The number of benzene rings is 8. The van der Waals surface area contributed by atoms with E-state index >= 15 is 0 Å². The average molecular weight is 1910 g/mol. The van der Waals surface area contributed by atoms with E-state index in [4.69, 9.17) is 41.2 Å². The van der Waals surface area contributed by atoms with Crippen molar-refractivity contribution in [3.63, 3.8) is 0 Å². The van der Waals surface area contributed by atoms with E-state index < -0.39 is 0 Å². The zero-order chi connectivity index (χ0) is 106. The van der Waals surface area contributed by atoms with Gasteiger partial charge in [-0.25, -0.2) is 39.9 Å². The van der Waals surface area contributed by atoms with Crippen LogP contribution in [-0.4, -0.2) is 65.1 Å². The van der Waals surface area contributed by atoms with Gasteiger partial charge in [0.15, 0.2) is 23.3 Å². The van der Waals surface area contributed by atoms with Gasteiger partial charge >= 0.3 is 0 Å². The van der Waals surface area contributed by atoms with Gasteiger partial charge in [0.25, 0.3) is 0 Å². The molecule has 142 heavy (non-hydrogen) atoms. The van der Waals surface area contributed by atoms with Crippen molar-refractivity contribution >= 4 is 94.5 Å². The van der Waals surface area contributed by atoms with Crippen LogP contribution >= 0.6 is 9.12 Å². The van der Waals surface area contributed by atoms with E-state index in [0.717, 1.165) is 107 Å². The fourth-order valence-electron chi connectivity index (χ4n) is 16.9. The number of hydrogen-bond donors (Lipinski definition) is 3. The van der Waals surface area contributed by atoms with Crippen LogP contribution in [0.3, 0.4) is 0 Å². The molecule has 1 unspecified atom stereocenters. The molecule has 16 bridgehead atoms. The fourth-order valence-corrected chi connectivity index (χ4v) is 16.9. The number of allylic oxidation sites excluding steroid dienone is 10. The summed E-state index contributed by atoms with van der Waals surface area (Å²) in [4.78, 5) is 52.7. The molecule has 0 saturated heterocycles. The third-order valence-corrected chi connectivity index (χ3v) is 24.3. The van der Waals surface area contributed by atoms with Gasteiger partial charge in [-0.2, -0.15) is 9.12 Å². The highest BCUT2D eigenvalue weighted by molar-refractivity contribution is 7.49. The summed E-state index contributed by atoms with van der Waals surface area (Å²) in [5.41, 5.74) is 35.9. The van der Waals surface area contributed by atoms with Crippen molar-refractivity contribution in [1.29, 1.82) is 1.34 Å². The van der Waals surface area contributed by atoms with Gasteiger partial charge in [0.05, 0.1) is 22.8 Å². The van der Waals surface area contributed by atoms with Gasteiger partial charge in [0.1, 0.15) is 30.1 Å². The second kappa shape index (κ2) is 40.9. The number of H-pyrrole nitrogens is 3. The van der Waals surface area contributed by atoms with Crippen LogP contribution in [0, 0.1) is 21.7 Å². The number of fused-ring (bicyclic) bond motifs is 26. The van der Waals surface area contributed by atoms with Crippen LogP contribution in [0.4, 0.5) is 0 Å². The van der Waals surface area contributed by atoms with Gasteiger partial charge < -0.3 is 15.0 Å². The number of aromatic amines is 3. The molecule has 11 nitrogen and oxygen atoms in total. The highest BCUT2D eigenvalue weighted by Gasteiger charge is 2.35. The lowest BCUT2D eigenvalue weighted by Gasteiger charge is -2.27. The minimum atomic E-state index is -0.0903. The molecule has 12 aromatic rings. The molecule has 0 fully saturated rings. The Labute approximate surface area is 858 Å². The molecule has 1 aliphatic carbocycles. The smallest absolute Gasteiger partial charge is 0.164 e. The molecule has 4 aromatic heterocycles. The Balaban J connectivity index is 0.000000236. The Kier molecular flexibility index (Phi) is 31.0. The number of aliphatic imine (C=N–C) groups is 2. The molecule has 0 saturated carbocycles. The molecule has 6 aliphatic rings. The van der Waals surface area contributed by atoms with E-state index in [1.165, 1.54) is 85.5 Å². The zero-order valence-corrected chi connectivity index (χ0v) is 94.9. The standard InChI is InChI=1S/C77H95N3.C32H18N8.4C5H12.BH3P/c1-70(2,3)52-34-48(35-53(42-52)71(4,5)6)66-46-25-26-47(33-46)67(49-36-54(72(7,8)9)43-55(37-49)73(10,11)12)61-28-30-63(79-61)69(51-40-58(76(19,20)21)45-59(41-51)77(22,23)24)65-32-31-64(80-65)68(62-29-27-60(66)78-62)50-38-56(74(13,14)15)44-57(39-50)75(16,17)18;1-2-10-18-17(9-1)25-33-26(18)38-28-21-13-5-6-14-22(21)30(35-28)40-32-24-16-8-7-15-23(24)31(36-32)39-29-20-12-4-3-11-19(20)27(34-29)37-25;4*1-5(2,3)4;1-2/h25-32,34-45,80H,33H2,1-24H3;1-16H,(H2,33,34,35,36,37,38,39,40);4*1-4H3;1H,2H2/i;;;;;;1T. The first-order valence-corrected chi connectivity index (χ1v) is 51.7. The Morgan fingerprint density at radius 2 is 0.444 bits per heavy atom. The molecule has 13 heteroatoms. The zero-order valence-electron chi connectivity index (χ0n) is 94.7. The van der Waals surface area contributed by atoms with Crippen molar-refractivity contribution in [3.8, 4) is 45.6 Å². The first kappa shape index (κ1) is 108. The van der Waals surface area contributed by atoms with E-state index in [9.17, 15) is 0 Å². The summed E-state index contributed by atoms with van der Waals surface area (Å²) in [6.45, 7) is 91.1. The first-order valence-electron chi connectivity index (χ1n) is 51.6. The SMILES string of the molecule is CC(C)(C)C.CC(C)(C)C.CC(C)(C)C.CC(C)(C)C.CC(C)(C)c1cc(C2=C3C=CC(=C(c4cc(C(C)(C)C)cc(C(C)(C)C)c4)C4=NC(=C(c5cc(C(C)(C)C)cc(C(C)(C)C)c5)c5ccc([nH]5)C(c5cc(C(C)(C)C)cc(C(C)(C)C)c5)=C5C=CC2=N5)C=C4)C3)cc(C(C)(C)C)c1.[3H][B]P.c1ccc2c(c1)-c1nc-2nc2[nH]c(nc3nc(nc4[nH]c(n1)c1ccccc41)-c1ccccc1-3)c1ccccc21. The maximum Gasteiger partial charge on any atom is 0.164 e. The van der Waals surface area contributed by atoms with Crippen molar-refractivity contribution in [2.24, 2.45) is 31.6 Å². The van der Waals surface area contributed by atoms with Crippen LogP contribution in [0.5, 0.6) is 0 Å². The van der Waals surface area contributed by atoms with Crippen LogP contribution < -0.4 is 0 Å². The number of nitrogens with one attached hydrogen (secondary N) is 3. The molecule has 0 amide bonds. The van der Waals surface area contributed by atoms with Crippen molar-refractivity contribution in [2.45, 2.75) is 327 Å². The molecule has 3 N–H and O–H groups in total. The molecule has 743 valence electrons. The Hall–Kier alpha value is -11.6. The van der Waals surface area contributed by atoms with Gasteiger partial charge in [-0.05, 0) is 187 Å². The van der Waals surface area contributed by atoms with Gasteiger partial charge in [0.2, 0.25) is 0 Å². The molecule has 9 heterocycles. The second-order valence-electron chi connectivity index (χ2n) is 53.8. The predicted octanol–water partition coefficient (Wildman–Crippen LogP) is 35.6. The summed E-state index contributed by atoms with van der Waals surface area (Å²) < 4.78 is 6.05. The van der Waals surface area contributed by atoms with Crippen molar-refractivity contribution in [2.75, 3.05) is 0 Å². The molecular formula is C129H164BN11P. The summed E-state index contributed by atoms with van der Waals surface area (Å²) in [5.74, 6) is 2.39. The number of nitrogens with zero attached hydrogens (tertiary/aromatic N) is 8. The predicted molar refractivity (Wildman–Crippen MR) is 622 cm³/mol. The summed E-state index contributed by atoms with van der Waals surface area (Å²) >= 11 is 0. The van der Waals surface area contributed by atoms with Gasteiger partial charge in [-0.15, -0.1) is 0 Å². The summed E-state index contributed by atoms with van der Waals surface area (Å²) in [6.07, 6.45) is 14.7. The summed E-state index contributed by atoms with van der Waals surface area (Å²) in [6, 6.07) is 66.1. The van der Waals surface area contributed by atoms with Gasteiger partial charge in [-0.1, -0.05) is 459 Å². The number of rotatable bonds is 4. The van der Waals surface area contributed by atoms with E-state index in [2.05, 4.69) is 422 Å². The maximum absolute atomic E-state index is 6.05. The summed E-state index contributed by atoms with van der Waals surface area (Å²) in [5, 5.41) is 3.82. The average Bonchev–Trinajstić information content (AvgIpc) is 1.61.